The van der Waals surface area contributed by atoms with Crippen LogP contribution in [0.5, 0.6) is 0 Å². The number of hydrogen-bond acceptors (Lipinski definition) is 7. The maximum absolute atomic E-state index is 12.8. The van der Waals surface area contributed by atoms with Crippen molar-refractivity contribution in [1.29, 1.82) is 0 Å². The molecular weight excluding hydrogens is 406 g/mol. The van der Waals surface area contributed by atoms with Gasteiger partial charge in [-0.15, -0.1) is 0 Å². The molecule has 0 spiro atoms. The van der Waals surface area contributed by atoms with E-state index in [4.69, 9.17) is 19.2 Å². The number of anilines is 1. The SMILES string of the molecule is Cc1cc(-c2cnc(N3CCC[C@H](C)C3)nc2C2CCN(C(=O)[C@@H]3CCCO3)CC2)on1. The van der Waals surface area contributed by atoms with Crippen LogP contribution in [0, 0.1) is 12.8 Å². The fourth-order valence-electron chi connectivity index (χ4n) is 5.25. The van der Waals surface area contributed by atoms with E-state index in [1.807, 2.05) is 24.1 Å². The largest absolute Gasteiger partial charge is 0.368 e. The van der Waals surface area contributed by atoms with Crippen LogP contribution in [0.2, 0.25) is 0 Å². The number of aromatic nitrogens is 3. The highest BCUT2D eigenvalue weighted by atomic mass is 16.5. The highest BCUT2D eigenvalue weighted by Crippen LogP contribution is 2.36. The lowest BCUT2D eigenvalue weighted by Gasteiger charge is -2.34. The van der Waals surface area contributed by atoms with Crippen LogP contribution in [0.4, 0.5) is 5.95 Å². The summed E-state index contributed by atoms with van der Waals surface area (Å²) in [6.45, 7) is 8.38. The van der Waals surface area contributed by atoms with Crippen LogP contribution >= 0.6 is 0 Å². The smallest absolute Gasteiger partial charge is 0.251 e. The molecule has 2 atom stereocenters. The summed E-state index contributed by atoms with van der Waals surface area (Å²) in [7, 11) is 0. The zero-order valence-corrected chi connectivity index (χ0v) is 19.1. The summed E-state index contributed by atoms with van der Waals surface area (Å²) in [5, 5.41) is 4.07. The van der Waals surface area contributed by atoms with Crippen molar-refractivity contribution in [1.82, 2.24) is 20.0 Å². The van der Waals surface area contributed by atoms with E-state index in [9.17, 15) is 4.79 Å². The minimum absolute atomic E-state index is 0.151. The quantitative estimate of drug-likeness (QED) is 0.720. The van der Waals surface area contributed by atoms with Gasteiger partial charge in [0.25, 0.3) is 5.91 Å². The molecule has 0 unspecified atom stereocenters. The predicted molar refractivity (Wildman–Crippen MR) is 120 cm³/mol. The topological polar surface area (TPSA) is 84.6 Å². The van der Waals surface area contributed by atoms with Crippen molar-refractivity contribution in [3.8, 4) is 11.3 Å². The normalized spacial score (nSPS) is 24.8. The second kappa shape index (κ2) is 9.17. The van der Waals surface area contributed by atoms with Gasteiger partial charge in [0.15, 0.2) is 5.76 Å². The summed E-state index contributed by atoms with van der Waals surface area (Å²) in [6, 6.07) is 1.95. The highest BCUT2D eigenvalue weighted by molar-refractivity contribution is 5.81. The van der Waals surface area contributed by atoms with Gasteiger partial charge in [-0.25, -0.2) is 9.97 Å². The molecule has 0 aromatic carbocycles. The Morgan fingerprint density at radius 2 is 1.97 bits per heavy atom. The third kappa shape index (κ3) is 4.37. The number of carbonyl (C=O) groups is 1. The van der Waals surface area contributed by atoms with Crippen molar-refractivity contribution in [2.45, 2.75) is 64.4 Å². The van der Waals surface area contributed by atoms with Crippen LogP contribution in [0.15, 0.2) is 16.8 Å². The molecule has 1 amide bonds. The molecule has 3 saturated heterocycles. The predicted octanol–water partition coefficient (Wildman–Crippen LogP) is 3.56. The summed E-state index contributed by atoms with van der Waals surface area (Å²) in [5.74, 6) is 2.59. The van der Waals surface area contributed by atoms with Gasteiger partial charge in [-0.2, -0.15) is 0 Å². The summed E-state index contributed by atoms with van der Waals surface area (Å²) in [4.78, 5) is 26.9. The van der Waals surface area contributed by atoms with Crippen LogP contribution in [0.1, 0.15) is 62.8 Å². The van der Waals surface area contributed by atoms with E-state index in [1.165, 1.54) is 12.8 Å². The molecule has 172 valence electrons. The number of rotatable bonds is 4. The van der Waals surface area contributed by atoms with E-state index in [1.54, 1.807) is 0 Å². The minimum Gasteiger partial charge on any atom is -0.368 e. The van der Waals surface area contributed by atoms with E-state index in [0.29, 0.717) is 18.3 Å². The first kappa shape index (κ1) is 21.4. The van der Waals surface area contributed by atoms with Crippen LogP contribution in [0.3, 0.4) is 0 Å². The molecule has 5 rings (SSSR count). The standard InChI is InChI=1S/C24H33N5O3/c1-16-5-3-9-29(15-16)24-25-14-19(21-13-17(2)27-32-21)22(26-24)18-7-10-28(11-8-18)23(30)20-6-4-12-31-20/h13-14,16,18,20H,3-12,15H2,1-2H3/t16-,20-/m0/s1. The zero-order valence-electron chi connectivity index (χ0n) is 19.1. The first-order valence-electron chi connectivity index (χ1n) is 12.0. The molecule has 8 heteroatoms. The van der Waals surface area contributed by atoms with Crippen LogP contribution in [-0.4, -0.2) is 64.8 Å². The van der Waals surface area contributed by atoms with Gasteiger partial charge in [-0.05, 0) is 51.4 Å². The minimum atomic E-state index is -0.244. The number of piperidine rings is 2. The number of hydrogen-bond donors (Lipinski definition) is 0. The summed E-state index contributed by atoms with van der Waals surface area (Å²) >= 11 is 0. The van der Waals surface area contributed by atoms with Gasteiger partial charge in [-0.1, -0.05) is 12.1 Å². The molecule has 3 aliphatic heterocycles. The Labute approximate surface area is 189 Å². The molecule has 0 bridgehead atoms. The Morgan fingerprint density at radius 1 is 1.12 bits per heavy atom. The van der Waals surface area contributed by atoms with Crippen molar-refractivity contribution >= 4 is 11.9 Å². The second-order valence-electron chi connectivity index (χ2n) is 9.60. The summed E-state index contributed by atoms with van der Waals surface area (Å²) < 4.78 is 11.2. The van der Waals surface area contributed by atoms with Gasteiger partial charge in [-0.3, -0.25) is 4.79 Å². The molecule has 0 radical (unpaired) electrons. The van der Waals surface area contributed by atoms with E-state index in [0.717, 1.165) is 74.8 Å². The molecule has 3 aliphatic rings. The molecule has 32 heavy (non-hydrogen) atoms. The van der Waals surface area contributed by atoms with Gasteiger partial charge in [0.2, 0.25) is 5.95 Å². The molecule has 3 fully saturated rings. The monoisotopic (exact) mass is 439 g/mol. The maximum atomic E-state index is 12.8. The third-order valence-electron chi connectivity index (χ3n) is 7.04. The van der Waals surface area contributed by atoms with Crippen LogP contribution in [0.25, 0.3) is 11.3 Å². The molecule has 2 aromatic heterocycles. The Bertz CT molecular complexity index is 947. The van der Waals surface area contributed by atoms with Crippen molar-refractivity contribution < 1.29 is 14.1 Å². The lowest BCUT2D eigenvalue weighted by atomic mass is 9.90. The van der Waals surface area contributed by atoms with Crippen LogP contribution in [-0.2, 0) is 9.53 Å². The molecule has 0 N–H and O–H groups in total. The van der Waals surface area contributed by atoms with E-state index in [-0.39, 0.29) is 17.9 Å². The van der Waals surface area contributed by atoms with Crippen molar-refractivity contribution in [3.05, 3.63) is 23.7 Å². The first-order valence-corrected chi connectivity index (χ1v) is 12.0. The second-order valence-corrected chi connectivity index (χ2v) is 9.60. The average Bonchev–Trinajstić information content (AvgIpc) is 3.50. The number of likely N-dealkylation sites (tertiary alicyclic amines) is 1. The maximum Gasteiger partial charge on any atom is 0.251 e. The zero-order chi connectivity index (χ0) is 22.1. The molecule has 0 saturated carbocycles. The molecule has 0 aliphatic carbocycles. The number of carbonyl (C=O) groups excluding carboxylic acids is 1. The first-order chi connectivity index (χ1) is 15.6. The van der Waals surface area contributed by atoms with E-state index < -0.39 is 0 Å². The Kier molecular flexibility index (Phi) is 6.13. The van der Waals surface area contributed by atoms with Crippen LogP contribution < -0.4 is 4.90 Å². The van der Waals surface area contributed by atoms with Gasteiger partial charge >= 0.3 is 0 Å². The number of amides is 1. The fourth-order valence-corrected chi connectivity index (χ4v) is 5.25. The molecule has 8 nitrogen and oxygen atoms in total. The Balaban J connectivity index is 1.38. The van der Waals surface area contributed by atoms with Gasteiger partial charge in [0.1, 0.15) is 6.10 Å². The highest BCUT2D eigenvalue weighted by Gasteiger charge is 2.33. The Morgan fingerprint density at radius 3 is 2.66 bits per heavy atom. The lowest BCUT2D eigenvalue weighted by molar-refractivity contribution is -0.142. The molecular formula is C24H33N5O3. The Hall–Kier alpha value is -2.48. The fraction of sp³-hybridized carbons (Fsp3) is 0.667. The van der Waals surface area contributed by atoms with E-state index in [2.05, 4.69) is 17.0 Å². The van der Waals surface area contributed by atoms with E-state index >= 15 is 0 Å². The average molecular weight is 440 g/mol. The number of ether oxygens (including phenoxy) is 1. The summed E-state index contributed by atoms with van der Waals surface area (Å²) in [5.41, 5.74) is 2.79. The number of nitrogens with zero attached hydrogens (tertiary/aromatic N) is 5. The van der Waals surface area contributed by atoms with Gasteiger partial charge in [0.05, 0.1) is 17.0 Å². The molecule has 5 heterocycles. The third-order valence-corrected chi connectivity index (χ3v) is 7.04. The summed E-state index contributed by atoms with van der Waals surface area (Å²) in [6.07, 6.45) is 7.68. The molecule has 2 aromatic rings. The van der Waals surface area contributed by atoms with Crippen molar-refractivity contribution in [2.24, 2.45) is 5.92 Å². The van der Waals surface area contributed by atoms with Gasteiger partial charge < -0.3 is 19.1 Å². The lowest BCUT2D eigenvalue weighted by Crippen LogP contribution is -2.43. The van der Waals surface area contributed by atoms with Gasteiger partial charge in [0, 0.05) is 51.0 Å². The number of aryl methyl sites for hydroxylation is 1. The van der Waals surface area contributed by atoms with Crippen molar-refractivity contribution in [3.63, 3.8) is 0 Å². The van der Waals surface area contributed by atoms with Crippen molar-refractivity contribution in [2.75, 3.05) is 37.7 Å².